The van der Waals surface area contributed by atoms with E-state index in [-0.39, 0.29) is 0 Å². The van der Waals surface area contributed by atoms with E-state index in [2.05, 4.69) is 77.6 Å². The molecule has 0 bridgehead atoms. The van der Waals surface area contributed by atoms with E-state index in [0.717, 1.165) is 19.6 Å². The van der Waals surface area contributed by atoms with Crippen molar-refractivity contribution in [1.82, 2.24) is 0 Å². The third-order valence-corrected chi connectivity index (χ3v) is 4.30. The monoisotopic (exact) mass is 478 g/mol. The molecule has 0 aromatic heterocycles. The van der Waals surface area contributed by atoms with Crippen LogP contribution in [0.3, 0.4) is 0 Å². The first kappa shape index (κ1) is 17.4. The van der Waals surface area contributed by atoms with Crippen LogP contribution in [-0.4, -0.2) is 0 Å². The lowest BCUT2D eigenvalue weighted by molar-refractivity contribution is 0.754. The van der Waals surface area contributed by atoms with Crippen molar-refractivity contribution in [3.8, 4) is 0 Å². The SMILES string of the molecule is CCCCC(=C(Br)Br)C(CCCC)=C(Br)Br. The first-order valence-corrected chi connectivity index (χ1v) is 8.80. The molecule has 0 aliphatic rings. The highest BCUT2D eigenvalue weighted by Gasteiger charge is 2.11. The highest BCUT2D eigenvalue weighted by atomic mass is 79.9. The van der Waals surface area contributed by atoms with Crippen LogP contribution in [0.15, 0.2) is 17.9 Å². The van der Waals surface area contributed by atoms with Crippen molar-refractivity contribution >= 4 is 63.7 Å². The average Bonchev–Trinajstić information content (AvgIpc) is 2.21. The van der Waals surface area contributed by atoms with E-state index in [9.17, 15) is 0 Å². The van der Waals surface area contributed by atoms with Crippen LogP contribution in [0.25, 0.3) is 0 Å². The lowest BCUT2D eigenvalue weighted by Crippen LogP contribution is -1.93. The topological polar surface area (TPSA) is 0 Å². The maximum Gasteiger partial charge on any atom is 0.0639 e. The van der Waals surface area contributed by atoms with Gasteiger partial charge in [-0.1, -0.05) is 26.7 Å². The molecular weight excluding hydrogens is 464 g/mol. The van der Waals surface area contributed by atoms with E-state index in [4.69, 9.17) is 0 Å². The summed E-state index contributed by atoms with van der Waals surface area (Å²) in [5, 5.41) is 0. The normalized spacial score (nSPS) is 10.1. The largest absolute Gasteiger partial charge is 0.0654 e. The summed E-state index contributed by atoms with van der Waals surface area (Å²) in [5.74, 6) is 0. The summed E-state index contributed by atoms with van der Waals surface area (Å²) < 4.78 is 2.16. The molecule has 0 nitrogen and oxygen atoms in total. The molecule has 0 saturated carbocycles. The summed E-state index contributed by atoms with van der Waals surface area (Å²) in [6.45, 7) is 4.44. The summed E-state index contributed by atoms with van der Waals surface area (Å²) in [5.41, 5.74) is 2.75. The van der Waals surface area contributed by atoms with Crippen molar-refractivity contribution in [2.45, 2.75) is 52.4 Å². The number of allylic oxidation sites excluding steroid dienone is 2. The van der Waals surface area contributed by atoms with Crippen molar-refractivity contribution in [1.29, 1.82) is 0 Å². The molecule has 16 heavy (non-hydrogen) atoms. The summed E-state index contributed by atoms with van der Waals surface area (Å²) >= 11 is 14.2. The van der Waals surface area contributed by atoms with E-state index in [1.54, 1.807) is 0 Å². The van der Waals surface area contributed by atoms with Crippen molar-refractivity contribution < 1.29 is 0 Å². The van der Waals surface area contributed by atoms with Gasteiger partial charge < -0.3 is 0 Å². The molecule has 0 N–H and O–H groups in total. The fourth-order valence-corrected chi connectivity index (χ4v) is 3.18. The van der Waals surface area contributed by atoms with Gasteiger partial charge >= 0.3 is 0 Å². The van der Waals surface area contributed by atoms with Gasteiger partial charge in [0, 0.05) is 0 Å². The van der Waals surface area contributed by atoms with E-state index >= 15 is 0 Å². The number of hydrogen-bond acceptors (Lipinski definition) is 0. The maximum atomic E-state index is 3.55. The third-order valence-electron chi connectivity index (χ3n) is 2.38. The Kier molecular flexibility index (Phi) is 11.2. The van der Waals surface area contributed by atoms with Crippen molar-refractivity contribution in [2.24, 2.45) is 0 Å². The number of unbranched alkanes of at least 4 members (excludes halogenated alkanes) is 2. The van der Waals surface area contributed by atoms with Crippen LogP contribution >= 0.6 is 63.7 Å². The first-order valence-electron chi connectivity index (χ1n) is 5.63. The molecule has 0 rings (SSSR count). The summed E-state index contributed by atoms with van der Waals surface area (Å²) in [7, 11) is 0. The summed E-state index contributed by atoms with van der Waals surface area (Å²) in [6, 6.07) is 0. The Hall–Kier alpha value is 1.40. The van der Waals surface area contributed by atoms with Crippen molar-refractivity contribution in [3.63, 3.8) is 0 Å². The maximum absolute atomic E-state index is 3.55. The van der Waals surface area contributed by atoms with Crippen LogP contribution < -0.4 is 0 Å². The van der Waals surface area contributed by atoms with Crippen LogP contribution in [0.4, 0.5) is 0 Å². The molecule has 94 valence electrons. The number of rotatable bonds is 7. The Labute approximate surface area is 133 Å². The van der Waals surface area contributed by atoms with Crippen LogP contribution in [0.2, 0.25) is 0 Å². The molecule has 0 atom stereocenters. The molecule has 0 heterocycles. The van der Waals surface area contributed by atoms with Crippen molar-refractivity contribution in [2.75, 3.05) is 0 Å². The van der Waals surface area contributed by atoms with Gasteiger partial charge in [-0.25, -0.2) is 0 Å². The minimum atomic E-state index is 1.08. The highest BCUT2D eigenvalue weighted by Crippen LogP contribution is 2.36. The highest BCUT2D eigenvalue weighted by molar-refractivity contribution is 9.28. The fraction of sp³-hybridized carbons (Fsp3) is 0.667. The van der Waals surface area contributed by atoms with Gasteiger partial charge in [-0.3, -0.25) is 0 Å². The molecule has 0 aromatic carbocycles. The molecule has 0 unspecified atom stereocenters. The quantitative estimate of drug-likeness (QED) is 0.333. The molecular formula is C12H18Br4. The van der Waals surface area contributed by atoms with Crippen molar-refractivity contribution in [3.05, 3.63) is 17.9 Å². The number of hydrogen-bond donors (Lipinski definition) is 0. The predicted octanol–water partition coefficient (Wildman–Crippen LogP) is 7.37. The summed E-state index contributed by atoms with van der Waals surface area (Å²) in [6.07, 6.45) is 7.11. The fourth-order valence-electron chi connectivity index (χ4n) is 1.43. The lowest BCUT2D eigenvalue weighted by atomic mass is 9.99. The Bertz CT molecular complexity index is 230. The third kappa shape index (κ3) is 6.97. The first-order chi connectivity index (χ1) is 7.54. The predicted molar refractivity (Wildman–Crippen MR) is 88.8 cm³/mol. The van der Waals surface area contributed by atoms with Gasteiger partial charge in [0.15, 0.2) is 0 Å². The zero-order valence-corrected chi connectivity index (χ0v) is 16.1. The molecule has 0 amide bonds. The molecule has 0 radical (unpaired) electrons. The summed E-state index contributed by atoms with van der Waals surface area (Å²) in [4.78, 5) is 0. The molecule has 0 aromatic rings. The standard InChI is InChI=1S/C12H18Br4/c1-3-5-7-9(11(13)14)10(12(15)16)8-6-4-2/h3-8H2,1-2H3. The van der Waals surface area contributed by atoms with Gasteiger partial charge in [0.05, 0.1) is 6.78 Å². The van der Waals surface area contributed by atoms with Crippen LogP contribution in [-0.2, 0) is 0 Å². The Morgan fingerprint density at radius 1 is 0.688 bits per heavy atom. The molecule has 4 heteroatoms. The Balaban J connectivity index is 4.85. The van der Waals surface area contributed by atoms with E-state index < -0.39 is 0 Å². The van der Waals surface area contributed by atoms with E-state index in [1.165, 1.54) is 36.8 Å². The van der Waals surface area contributed by atoms with Gasteiger partial charge in [-0.2, -0.15) is 0 Å². The van der Waals surface area contributed by atoms with E-state index in [0.29, 0.717) is 0 Å². The molecule has 0 fully saturated rings. The second kappa shape index (κ2) is 10.3. The minimum Gasteiger partial charge on any atom is -0.0654 e. The minimum absolute atomic E-state index is 1.08. The van der Waals surface area contributed by atoms with Gasteiger partial charge in [-0.05, 0) is 101 Å². The average molecular weight is 482 g/mol. The molecule has 0 aliphatic heterocycles. The van der Waals surface area contributed by atoms with Gasteiger partial charge in [0.2, 0.25) is 0 Å². The second-order valence-corrected chi connectivity index (χ2v) is 8.99. The Morgan fingerprint density at radius 2 is 1.00 bits per heavy atom. The molecule has 0 spiro atoms. The van der Waals surface area contributed by atoms with Gasteiger partial charge in [-0.15, -0.1) is 0 Å². The van der Waals surface area contributed by atoms with Gasteiger partial charge in [0.25, 0.3) is 0 Å². The van der Waals surface area contributed by atoms with Crippen LogP contribution in [0.5, 0.6) is 0 Å². The van der Waals surface area contributed by atoms with Gasteiger partial charge in [0.1, 0.15) is 0 Å². The van der Waals surface area contributed by atoms with E-state index in [1.807, 2.05) is 0 Å². The Morgan fingerprint density at radius 3 is 1.19 bits per heavy atom. The molecule has 0 aliphatic carbocycles. The number of halogens is 4. The molecule has 0 saturated heterocycles. The smallest absolute Gasteiger partial charge is 0.0639 e. The zero-order chi connectivity index (χ0) is 12.6. The van der Waals surface area contributed by atoms with Crippen LogP contribution in [0, 0.1) is 0 Å². The zero-order valence-electron chi connectivity index (χ0n) is 9.75. The van der Waals surface area contributed by atoms with Crippen LogP contribution in [0.1, 0.15) is 52.4 Å². The second-order valence-electron chi connectivity index (χ2n) is 3.69. The lowest BCUT2D eigenvalue weighted by Gasteiger charge is -2.13.